The molecule has 0 bridgehead atoms. The van der Waals surface area contributed by atoms with Gasteiger partial charge in [-0.15, -0.1) is 18.9 Å². The van der Waals surface area contributed by atoms with Gasteiger partial charge in [-0.3, -0.25) is 0 Å². The van der Waals surface area contributed by atoms with Crippen molar-refractivity contribution in [3.8, 4) is 0 Å². The Morgan fingerprint density at radius 1 is 1.29 bits per heavy atom. The van der Waals surface area contributed by atoms with E-state index in [-0.39, 0.29) is 5.60 Å². The Morgan fingerprint density at radius 2 is 1.86 bits per heavy atom. The van der Waals surface area contributed by atoms with Crippen molar-refractivity contribution in [2.75, 3.05) is 0 Å². The molecule has 0 spiro atoms. The van der Waals surface area contributed by atoms with Crippen LogP contribution in [-0.4, -0.2) is 21.0 Å². The molecule has 0 aliphatic carbocycles. The van der Waals surface area contributed by atoms with E-state index in [0.29, 0.717) is 0 Å². The van der Waals surface area contributed by atoms with E-state index in [4.69, 9.17) is 4.43 Å². The molecule has 1 saturated heterocycles. The molecule has 0 radical (unpaired) electrons. The van der Waals surface area contributed by atoms with Crippen LogP contribution in [0.3, 0.4) is 0 Å². The maximum absolute atomic E-state index is 6.33. The maximum atomic E-state index is 6.33. The van der Waals surface area contributed by atoms with Gasteiger partial charge in [0.25, 0.3) is 0 Å². The fourth-order valence-corrected chi connectivity index (χ4v) is 11.0. The van der Waals surface area contributed by atoms with Gasteiger partial charge >= 0.3 is 0 Å². The normalized spacial score (nSPS) is 41.7. The molecule has 0 aromatic carbocycles. The molecule has 2 unspecified atom stereocenters. The summed E-state index contributed by atoms with van der Waals surface area (Å²) in [5.41, 5.74) is 2.15. The number of rotatable bonds is 2. The topological polar surface area (TPSA) is 9.23 Å². The van der Waals surface area contributed by atoms with Gasteiger partial charge in [-0.05, 0) is 26.4 Å². The van der Waals surface area contributed by atoms with Crippen molar-refractivity contribution in [3.63, 3.8) is 0 Å². The molecule has 0 saturated carbocycles. The average Bonchev–Trinajstić information content (AvgIpc) is 2.12. The molecular weight excluding hydrogens is 204 g/mol. The highest BCUT2D eigenvalue weighted by Crippen LogP contribution is 2.39. The van der Waals surface area contributed by atoms with E-state index in [1.54, 1.807) is 0 Å². The Balaban J connectivity index is 2.96. The Morgan fingerprint density at radius 3 is 2.21 bits per heavy atom. The predicted molar refractivity (Wildman–Crippen MR) is 68.4 cm³/mol. The van der Waals surface area contributed by atoms with E-state index in [1.807, 2.05) is 6.08 Å². The van der Waals surface area contributed by atoms with Crippen molar-refractivity contribution in [2.24, 2.45) is 0 Å². The minimum Gasteiger partial charge on any atom is -0.411 e. The first kappa shape index (κ1) is 11.9. The number of hydrogen-bond acceptors (Lipinski definition) is 1. The van der Waals surface area contributed by atoms with E-state index in [9.17, 15) is 0 Å². The zero-order chi connectivity index (χ0) is 11.0. The van der Waals surface area contributed by atoms with Gasteiger partial charge in [0, 0.05) is 0 Å². The van der Waals surface area contributed by atoms with E-state index in [2.05, 4.69) is 45.4 Å². The van der Waals surface area contributed by atoms with Gasteiger partial charge in [-0.2, -0.15) is 0 Å². The van der Waals surface area contributed by atoms with Crippen LogP contribution in [0.4, 0.5) is 0 Å². The van der Waals surface area contributed by atoms with Crippen LogP contribution in [0, 0.1) is 0 Å². The van der Waals surface area contributed by atoms with Crippen LogP contribution in [0.25, 0.3) is 0 Å². The zero-order valence-electron chi connectivity index (χ0n) is 9.89. The van der Waals surface area contributed by atoms with Gasteiger partial charge in [0.15, 0.2) is 7.83 Å². The third-order valence-electron chi connectivity index (χ3n) is 3.89. The lowest BCUT2D eigenvalue weighted by molar-refractivity contribution is 0.125. The fraction of sp³-hybridized carbons (Fsp3) is 0.636. The number of hydrogen-bond donors (Lipinski definition) is 0. The summed E-state index contributed by atoms with van der Waals surface area (Å²) in [4.78, 5) is 0. The summed E-state index contributed by atoms with van der Waals surface area (Å²) in [5.74, 6) is 0. The first-order valence-corrected chi connectivity index (χ1v) is 12.0. The lowest BCUT2D eigenvalue weighted by atomic mass is 10.1. The van der Waals surface area contributed by atoms with Gasteiger partial charge in [0.1, 0.15) is 0 Å². The Labute approximate surface area is 89.8 Å². The Hall–Kier alpha value is -0.126. The molecule has 1 heterocycles. The lowest BCUT2D eigenvalue weighted by Gasteiger charge is -2.50. The van der Waals surface area contributed by atoms with Gasteiger partial charge in [0.05, 0.1) is 13.2 Å². The fourth-order valence-electron chi connectivity index (χ4n) is 2.05. The largest absolute Gasteiger partial charge is 0.411 e. The van der Waals surface area contributed by atoms with Crippen LogP contribution < -0.4 is 0 Å². The SMILES string of the molecule is C=CC1(C)CC[Si](C)(C=C)[Si](C)(C)O1. The molecule has 14 heavy (non-hydrogen) atoms. The van der Waals surface area contributed by atoms with Gasteiger partial charge in [0.2, 0.25) is 0 Å². The monoisotopic (exact) mass is 226 g/mol. The van der Waals surface area contributed by atoms with Crippen LogP contribution in [0.5, 0.6) is 0 Å². The molecule has 1 nitrogen and oxygen atoms in total. The van der Waals surface area contributed by atoms with Crippen LogP contribution in [-0.2, 0) is 4.43 Å². The summed E-state index contributed by atoms with van der Waals surface area (Å²) in [6.07, 6.45) is 3.08. The highest BCUT2D eigenvalue weighted by molar-refractivity contribution is 7.40. The minimum atomic E-state index is -1.55. The Kier molecular flexibility index (Phi) is 2.96. The van der Waals surface area contributed by atoms with Crippen LogP contribution in [0.15, 0.2) is 24.9 Å². The second kappa shape index (κ2) is 3.47. The van der Waals surface area contributed by atoms with Gasteiger partial charge < -0.3 is 4.43 Å². The quantitative estimate of drug-likeness (QED) is 0.518. The van der Waals surface area contributed by atoms with Crippen molar-refractivity contribution in [3.05, 3.63) is 24.9 Å². The van der Waals surface area contributed by atoms with Crippen molar-refractivity contribution < 1.29 is 4.43 Å². The van der Waals surface area contributed by atoms with Crippen molar-refractivity contribution in [1.82, 2.24) is 0 Å². The van der Waals surface area contributed by atoms with Crippen LogP contribution in [0.2, 0.25) is 25.7 Å². The smallest absolute Gasteiger partial charge is 0.179 e. The van der Waals surface area contributed by atoms with Crippen molar-refractivity contribution in [2.45, 2.75) is 44.6 Å². The van der Waals surface area contributed by atoms with E-state index in [1.165, 1.54) is 6.04 Å². The molecule has 0 aromatic heterocycles. The molecule has 1 aliphatic heterocycles. The van der Waals surface area contributed by atoms with Gasteiger partial charge in [-0.25, -0.2) is 0 Å². The first-order chi connectivity index (χ1) is 6.29. The first-order valence-electron chi connectivity index (χ1n) is 5.26. The summed E-state index contributed by atoms with van der Waals surface area (Å²) in [6, 6.07) is 1.30. The molecule has 1 aliphatic rings. The zero-order valence-corrected chi connectivity index (χ0v) is 11.9. The molecule has 1 rings (SSSR count). The van der Waals surface area contributed by atoms with Crippen LogP contribution >= 0.6 is 0 Å². The summed E-state index contributed by atoms with van der Waals surface area (Å²) in [7, 11) is -2.86. The van der Waals surface area contributed by atoms with Crippen LogP contribution in [0.1, 0.15) is 13.3 Å². The minimum absolute atomic E-state index is 0.0781. The van der Waals surface area contributed by atoms with E-state index in [0.717, 1.165) is 6.42 Å². The standard InChI is InChI=1S/C11H22OSi2/c1-7-11(3)9-10-14(6,8-2)13(4,5)12-11/h7-8H,1-2,9-10H2,3-6H3. The molecule has 0 amide bonds. The Bertz CT molecular complexity index is 262. The molecule has 2 atom stereocenters. The van der Waals surface area contributed by atoms with Crippen molar-refractivity contribution >= 4 is 15.4 Å². The summed E-state index contributed by atoms with van der Waals surface area (Å²) in [6.45, 7) is 17.1. The second-order valence-corrected chi connectivity index (χ2v) is 19.3. The summed E-state index contributed by atoms with van der Waals surface area (Å²) < 4.78 is 6.33. The highest BCUT2D eigenvalue weighted by Gasteiger charge is 2.51. The second-order valence-electron chi connectivity index (χ2n) is 5.25. The molecule has 0 N–H and O–H groups in total. The highest BCUT2D eigenvalue weighted by atomic mass is 29.3. The molecule has 0 aromatic rings. The average molecular weight is 226 g/mol. The van der Waals surface area contributed by atoms with Crippen molar-refractivity contribution in [1.29, 1.82) is 0 Å². The third-order valence-corrected chi connectivity index (χ3v) is 19.7. The van der Waals surface area contributed by atoms with Gasteiger partial charge in [-0.1, -0.05) is 18.7 Å². The van der Waals surface area contributed by atoms with E-state index >= 15 is 0 Å². The maximum Gasteiger partial charge on any atom is 0.179 e. The molecule has 3 heteroatoms. The third kappa shape index (κ3) is 1.81. The summed E-state index contributed by atoms with van der Waals surface area (Å²) in [5, 5.41) is 0. The summed E-state index contributed by atoms with van der Waals surface area (Å²) >= 11 is 0. The lowest BCUT2D eigenvalue weighted by Crippen LogP contribution is -2.64. The molecular formula is C11H22OSi2. The van der Waals surface area contributed by atoms with E-state index < -0.39 is 15.4 Å². The molecule has 80 valence electrons. The molecule has 1 fully saturated rings. The predicted octanol–water partition coefficient (Wildman–Crippen LogP) is 3.44.